The minimum Gasteiger partial charge on any atom is -0.449 e. The summed E-state index contributed by atoms with van der Waals surface area (Å²) in [5, 5.41) is 2.91. The van der Waals surface area contributed by atoms with Crippen LogP contribution in [0.3, 0.4) is 0 Å². The number of amides is 1. The summed E-state index contributed by atoms with van der Waals surface area (Å²) in [5.41, 5.74) is 0.193. The number of hydrogen-bond donors (Lipinski definition) is 1. The van der Waals surface area contributed by atoms with E-state index in [1.54, 1.807) is 0 Å². The summed E-state index contributed by atoms with van der Waals surface area (Å²) >= 11 is 3.11. The fourth-order valence-corrected chi connectivity index (χ4v) is 3.01. The average molecular weight is 372 g/mol. The van der Waals surface area contributed by atoms with Gasteiger partial charge >= 0.3 is 5.97 Å². The van der Waals surface area contributed by atoms with E-state index in [9.17, 15) is 14.0 Å². The number of halogens is 2. The van der Waals surface area contributed by atoms with Crippen molar-refractivity contribution in [2.24, 2.45) is 0 Å². The lowest BCUT2D eigenvalue weighted by molar-refractivity contribution is -0.130. The van der Waals surface area contributed by atoms with Crippen LogP contribution >= 0.6 is 15.9 Å². The lowest BCUT2D eigenvalue weighted by Gasteiger charge is -2.24. The normalized spacial score (nSPS) is 16.9. The Morgan fingerprint density at radius 3 is 2.64 bits per heavy atom. The van der Waals surface area contributed by atoms with E-state index >= 15 is 0 Å². The van der Waals surface area contributed by atoms with Crippen LogP contribution < -0.4 is 5.32 Å². The van der Waals surface area contributed by atoms with Crippen molar-refractivity contribution < 1.29 is 18.7 Å². The predicted octanol–water partition coefficient (Wildman–Crippen LogP) is 3.58. The molecule has 0 unspecified atom stereocenters. The number of esters is 1. The van der Waals surface area contributed by atoms with Crippen molar-refractivity contribution in [1.29, 1.82) is 0 Å². The first kappa shape index (κ1) is 16.9. The number of benzene rings is 1. The van der Waals surface area contributed by atoms with Gasteiger partial charge in [0.1, 0.15) is 5.82 Å². The molecule has 0 aromatic heterocycles. The van der Waals surface area contributed by atoms with E-state index in [0.29, 0.717) is 4.47 Å². The molecule has 4 nitrogen and oxygen atoms in total. The number of hydrogen-bond acceptors (Lipinski definition) is 3. The Hall–Kier alpha value is -1.43. The highest BCUT2D eigenvalue weighted by molar-refractivity contribution is 9.10. The number of nitrogens with one attached hydrogen (secondary N) is 1. The van der Waals surface area contributed by atoms with Gasteiger partial charge in [0.05, 0.1) is 5.56 Å². The van der Waals surface area contributed by atoms with Gasteiger partial charge in [-0.1, -0.05) is 19.3 Å². The highest BCUT2D eigenvalue weighted by Gasteiger charge is 2.23. The van der Waals surface area contributed by atoms with Crippen molar-refractivity contribution in [1.82, 2.24) is 5.32 Å². The zero-order chi connectivity index (χ0) is 16.1. The van der Waals surface area contributed by atoms with Gasteiger partial charge in [0.15, 0.2) is 6.10 Å². The molecule has 0 heterocycles. The van der Waals surface area contributed by atoms with Gasteiger partial charge < -0.3 is 10.1 Å². The Kier molecular flexibility index (Phi) is 5.94. The van der Waals surface area contributed by atoms with E-state index in [1.807, 2.05) is 0 Å². The summed E-state index contributed by atoms with van der Waals surface area (Å²) in [7, 11) is 0. The fourth-order valence-electron chi connectivity index (χ4n) is 2.50. The molecule has 0 spiro atoms. The van der Waals surface area contributed by atoms with Crippen molar-refractivity contribution in [3.8, 4) is 0 Å². The molecule has 22 heavy (non-hydrogen) atoms. The second-order valence-electron chi connectivity index (χ2n) is 5.52. The highest BCUT2D eigenvalue weighted by Crippen LogP contribution is 2.20. The summed E-state index contributed by atoms with van der Waals surface area (Å²) in [6.07, 6.45) is 4.48. The SMILES string of the molecule is C[C@H](OC(=O)c1ccc(F)cc1Br)C(=O)NC1CCCCC1. The molecule has 1 saturated carbocycles. The number of rotatable bonds is 4. The topological polar surface area (TPSA) is 55.4 Å². The van der Waals surface area contributed by atoms with E-state index in [2.05, 4.69) is 21.2 Å². The van der Waals surface area contributed by atoms with Crippen molar-refractivity contribution in [2.45, 2.75) is 51.2 Å². The summed E-state index contributed by atoms with van der Waals surface area (Å²) in [4.78, 5) is 24.1. The molecule has 1 aromatic carbocycles. The maximum Gasteiger partial charge on any atom is 0.340 e. The molecule has 1 N–H and O–H groups in total. The van der Waals surface area contributed by atoms with Gasteiger partial charge in [-0.2, -0.15) is 0 Å². The first-order valence-corrected chi connectivity index (χ1v) is 8.23. The molecule has 1 fully saturated rings. The quantitative estimate of drug-likeness (QED) is 0.822. The molecule has 0 bridgehead atoms. The number of ether oxygens (including phenoxy) is 1. The Morgan fingerprint density at radius 1 is 1.32 bits per heavy atom. The molecule has 0 aliphatic heterocycles. The molecule has 1 aliphatic carbocycles. The van der Waals surface area contributed by atoms with Crippen LogP contribution in [0.4, 0.5) is 4.39 Å². The van der Waals surface area contributed by atoms with Crippen LogP contribution in [0.25, 0.3) is 0 Å². The van der Waals surface area contributed by atoms with Crippen LogP contribution in [0.15, 0.2) is 22.7 Å². The zero-order valence-electron chi connectivity index (χ0n) is 12.4. The van der Waals surface area contributed by atoms with Gasteiger partial charge in [-0.25, -0.2) is 9.18 Å². The molecule has 120 valence electrons. The largest absolute Gasteiger partial charge is 0.449 e. The number of carbonyl (C=O) groups excluding carboxylic acids is 2. The van der Waals surface area contributed by atoms with Crippen LogP contribution in [0.5, 0.6) is 0 Å². The second-order valence-corrected chi connectivity index (χ2v) is 6.37. The molecule has 1 atom stereocenters. The molecule has 6 heteroatoms. The summed E-state index contributed by atoms with van der Waals surface area (Å²) in [6, 6.07) is 3.85. The fraction of sp³-hybridized carbons (Fsp3) is 0.500. The van der Waals surface area contributed by atoms with Crippen LogP contribution in [-0.4, -0.2) is 24.0 Å². The first-order chi connectivity index (χ1) is 10.5. The van der Waals surface area contributed by atoms with Gasteiger partial charge in [-0.05, 0) is 53.9 Å². The molecule has 0 saturated heterocycles. The lowest BCUT2D eigenvalue weighted by Crippen LogP contribution is -2.42. The van der Waals surface area contributed by atoms with Gasteiger partial charge in [0.25, 0.3) is 5.91 Å². The van der Waals surface area contributed by atoms with E-state index < -0.39 is 17.9 Å². The van der Waals surface area contributed by atoms with Gasteiger partial charge in [0.2, 0.25) is 0 Å². The van der Waals surface area contributed by atoms with Crippen molar-refractivity contribution in [3.05, 3.63) is 34.1 Å². The van der Waals surface area contributed by atoms with Crippen molar-refractivity contribution in [2.75, 3.05) is 0 Å². The van der Waals surface area contributed by atoms with Crippen LogP contribution in [0.2, 0.25) is 0 Å². The minimum atomic E-state index is -0.883. The Labute approximate surface area is 137 Å². The molecule has 1 aromatic rings. The van der Waals surface area contributed by atoms with Crippen molar-refractivity contribution >= 4 is 27.8 Å². The predicted molar refractivity (Wildman–Crippen MR) is 84.0 cm³/mol. The maximum atomic E-state index is 13.0. The summed E-state index contributed by atoms with van der Waals surface area (Å²) in [5.74, 6) is -1.40. The summed E-state index contributed by atoms with van der Waals surface area (Å²) in [6.45, 7) is 1.54. The molecule has 0 radical (unpaired) electrons. The second kappa shape index (κ2) is 7.72. The van der Waals surface area contributed by atoms with E-state index in [1.165, 1.54) is 31.5 Å². The highest BCUT2D eigenvalue weighted by atomic mass is 79.9. The van der Waals surface area contributed by atoms with Crippen LogP contribution in [0.1, 0.15) is 49.4 Å². The van der Waals surface area contributed by atoms with E-state index in [0.717, 1.165) is 25.7 Å². The third kappa shape index (κ3) is 4.53. The Balaban J connectivity index is 1.91. The monoisotopic (exact) mass is 371 g/mol. The van der Waals surface area contributed by atoms with E-state index in [-0.39, 0.29) is 17.5 Å². The number of carbonyl (C=O) groups is 2. The standard InChI is InChI=1S/C16H19BrFNO3/c1-10(15(20)19-12-5-3-2-4-6-12)22-16(21)13-8-7-11(18)9-14(13)17/h7-10,12H,2-6H2,1H3,(H,19,20)/t10-/m0/s1. The summed E-state index contributed by atoms with van der Waals surface area (Å²) < 4.78 is 18.5. The lowest BCUT2D eigenvalue weighted by atomic mass is 9.95. The average Bonchev–Trinajstić information content (AvgIpc) is 2.47. The van der Waals surface area contributed by atoms with Gasteiger partial charge in [0, 0.05) is 10.5 Å². The molecular weight excluding hydrogens is 353 g/mol. The third-order valence-electron chi connectivity index (χ3n) is 3.76. The molecular formula is C16H19BrFNO3. The zero-order valence-corrected chi connectivity index (χ0v) is 14.0. The Morgan fingerprint density at radius 2 is 2.00 bits per heavy atom. The Bertz CT molecular complexity index is 558. The van der Waals surface area contributed by atoms with E-state index in [4.69, 9.17) is 4.74 Å². The smallest absolute Gasteiger partial charge is 0.340 e. The third-order valence-corrected chi connectivity index (χ3v) is 4.41. The van der Waals surface area contributed by atoms with Gasteiger partial charge in [-0.3, -0.25) is 4.79 Å². The maximum absolute atomic E-state index is 13.0. The molecule has 1 aliphatic rings. The minimum absolute atomic E-state index is 0.167. The first-order valence-electron chi connectivity index (χ1n) is 7.44. The molecule has 2 rings (SSSR count). The van der Waals surface area contributed by atoms with Gasteiger partial charge in [-0.15, -0.1) is 0 Å². The van der Waals surface area contributed by atoms with Crippen LogP contribution in [-0.2, 0) is 9.53 Å². The molecule has 1 amide bonds. The van der Waals surface area contributed by atoms with Crippen LogP contribution in [0, 0.1) is 5.82 Å². The van der Waals surface area contributed by atoms with Crippen molar-refractivity contribution in [3.63, 3.8) is 0 Å².